The van der Waals surface area contributed by atoms with Crippen LogP contribution in [0.25, 0.3) is 0 Å². The number of fused-ring (bicyclic) bond motifs is 1. The maximum Gasteiger partial charge on any atom is 0.416 e. The number of alkyl halides is 3. The topological polar surface area (TPSA) is 77.1 Å². The van der Waals surface area contributed by atoms with Crippen molar-refractivity contribution < 1.29 is 36.7 Å². The highest BCUT2D eigenvalue weighted by Crippen LogP contribution is 2.45. The van der Waals surface area contributed by atoms with Crippen LogP contribution in [0.5, 0.6) is 5.75 Å². The average Bonchev–Trinajstić information content (AvgIpc) is 2.86. The van der Waals surface area contributed by atoms with Crippen LogP contribution in [0.4, 0.5) is 13.2 Å². The minimum absolute atomic E-state index is 0.0539. The zero-order valence-electron chi connectivity index (χ0n) is 24.5. The van der Waals surface area contributed by atoms with E-state index in [1.54, 1.807) is 0 Å². The van der Waals surface area contributed by atoms with Crippen LogP contribution in [0, 0.1) is 5.92 Å². The van der Waals surface area contributed by atoms with Crippen LogP contribution in [-0.2, 0) is 31.5 Å². The highest BCUT2D eigenvalue weighted by Gasteiger charge is 2.51. The van der Waals surface area contributed by atoms with Crippen molar-refractivity contribution in [2.24, 2.45) is 5.92 Å². The molecule has 0 bridgehead atoms. The number of hydrogen-bond acceptors (Lipinski definition) is 6. The van der Waals surface area contributed by atoms with E-state index in [4.69, 9.17) is 13.9 Å². The first kappa shape index (κ1) is 32.1. The monoisotopic (exact) mass is 584 g/mol. The zero-order chi connectivity index (χ0) is 29.9. The number of methoxy groups -OCH3 is 1. The Balaban J connectivity index is 1.72. The van der Waals surface area contributed by atoms with Crippen LogP contribution in [0.2, 0.25) is 18.1 Å². The van der Waals surface area contributed by atoms with E-state index < -0.39 is 31.6 Å². The largest absolute Gasteiger partial charge is 0.467 e. The van der Waals surface area contributed by atoms with Gasteiger partial charge >= 0.3 is 12.1 Å². The van der Waals surface area contributed by atoms with Crippen LogP contribution >= 0.6 is 0 Å². The van der Waals surface area contributed by atoms with Crippen molar-refractivity contribution in [2.75, 3.05) is 26.7 Å². The molecule has 0 unspecified atom stereocenters. The van der Waals surface area contributed by atoms with Gasteiger partial charge in [-0.05, 0) is 80.9 Å². The van der Waals surface area contributed by atoms with Gasteiger partial charge in [-0.1, -0.05) is 27.4 Å². The maximum absolute atomic E-state index is 13.4. The lowest BCUT2D eigenvalue weighted by molar-refractivity contribution is -0.164. The number of ether oxygens (including phenoxy) is 2. The van der Waals surface area contributed by atoms with E-state index in [1.807, 2.05) is 4.90 Å². The van der Waals surface area contributed by atoms with E-state index in [9.17, 15) is 22.8 Å². The SMILES string of the molecule is C=C1Oc2ccc(C(F)(F)F)cc2CN(CCC2CCC(O[Si](C)(C)C(C)(C)C)(C(=O)OC)CC2)CCNC1=O. The van der Waals surface area contributed by atoms with Gasteiger partial charge in [0.15, 0.2) is 19.7 Å². The molecular formula is C29H43F3N2O5Si. The van der Waals surface area contributed by atoms with Gasteiger partial charge in [-0.25, -0.2) is 4.79 Å². The number of benzene rings is 1. The third kappa shape index (κ3) is 7.67. The smallest absolute Gasteiger partial charge is 0.416 e. The van der Waals surface area contributed by atoms with Crippen molar-refractivity contribution in [1.29, 1.82) is 0 Å². The molecule has 1 aromatic carbocycles. The first-order valence-electron chi connectivity index (χ1n) is 13.8. The van der Waals surface area contributed by atoms with Crippen molar-refractivity contribution in [3.63, 3.8) is 0 Å². The van der Waals surface area contributed by atoms with Crippen molar-refractivity contribution >= 4 is 20.2 Å². The maximum atomic E-state index is 13.4. The summed E-state index contributed by atoms with van der Waals surface area (Å²) in [6.07, 6.45) is -0.989. The van der Waals surface area contributed by atoms with Gasteiger partial charge in [0.05, 0.1) is 12.7 Å². The van der Waals surface area contributed by atoms with Crippen molar-refractivity contribution in [3.05, 3.63) is 41.7 Å². The molecule has 1 aliphatic carbocycles. The number of halogens is 3. The first-order chi connectivity index (χ1) is 18.5. The van der Waals surface area contributed by atoms with E-state index in [1.165, 1.54) is 13.2 Å². The molecule has 0 radical (unpaired) electrons. The van der Waals surface area contributed by atoms with Crippen molar-refractivity contribution in [2.45, 2.75) is 89.3 Å². The summed E-state index contributed by atoms with van der Waals surface area (Å²) in [5.41, 5.74) is -1.36. The van der Waals surface area contributed by atoms with Gasteiger partial charge in [0.1, 0.15) is 5.75 Å². The molecular weight excluding hydrogens is 541 g/mol. The summed E-state index contributed by atoms with van der Waals surface area (Å²) in [6, 6.07) is 3.27. The molecule has 0 atom stereocenters. The molecule has 1 amide bonds. The molecule has 1 N–H and O–H groups in total. The number of nitrogens with zero attached hydrogens (tertiary/aromatic N) is 1. The highest BCUT2D eigenvalue weighted by molar-refractivity contribution is 6.74. The molecule has 1 heterocycles. The molecule has 0 aromatic heterocycles. The number of rotatable bonds is 6. The fraction of sp³-hybridized carbons (Fsp3) is 0.655. The molecule has 0 spiro atoms. The Labute approximate surface area is 236 Å². The van der Waals surface area contributed by atoms with E-state index in [-0.39, 0.29) is 29.1 Å². The second-order valence-corrected chi connectivity index (χ2v) is 17.2. The van der Waals surface area contributed by atoms with Crippen LogP contribution in [-0.4, -0.2) is 57.4 Å². The summed E-state index contributed by atoms with van der Waals surface area (Å²) in [5, 5.41) is 2.70. The molecule has 224 valence electrons. The number of esters is 1. The number of hydrogen-bond donors (Lipinski definition) is 1. The van der Waals surface area contributed by atoms with Gasteiger partial charge in [0, 0.05) is 25.2 Å². The third-order valence-electron chi connectivity index (χ3n) is 8.56. The Morgan fingerprint density at radius 2 is 1.88 bits per heavy atom. The standard InChI is InChI=1S/C29H43F3N2O5Si/c1-20-25(35)33-15-17-34(19-22-18-23(29(30,31)32)8-9-24(22)38-20)16-12-21-10-13-28(14-11-21,26(36)37-5)39-40(6,7)27(2,3)4/h8-9,18,21H,1,10-17,19H2,2-7H3,(H,33,35). The van der Waals surface area contributed by atoms with Crippen LogP contribution < -0.4 is 10.1 Å². The average molecular weight is 585 g/mol. The fourth-order valence-corrected chi connectivity index (χ4v) is 6.64. The van der Waals surface area contributed by atoms with Crippen LogP contribution in [0.15, 0.2) is 30.5 Å². The minimum atomic E-state index is -4.50. The van der Waals surface area contributed by atoms with E-state index >= 15 is 0 Å². The van der Waals surface area contributed by atoms with E-state index in [0.717, 1.165) is 31.4 Å². The first-order valence-corrected chi connectivity index (χ1v) is 16.7. The molecule has 7 nitrogen and oxygen atoms in total. The molecule has 40 heavy (non-hydrogen) atoms. The van der Waals surface area contributed by atoms with Gasteiger partial charge in [-0.15, -0.1) is 0 Å². The van der Waals surface area contributed by atoms with Gasteiger partial charge in [0.2, 0.25) is 0 Å². The zero-order valence-corrected chi connectivity index (χ0v) is 25.5. The summed E-state index contributed by atoms with van der Waals surface area (Å²) in [6.45, 7) is 15.9. The number of amides is 1. The molecule has 1 saturated carbocycles. The molecule has 1 aromatic rings. The van der Waals surface area contributed by atoms with Crippen LogP contribution in [0.1, 0.15) is 64.0 Å². The summed E-state index contributed by atoms with van der Waals surface area (Å²) >= 11 is 0. The lowest BCUT2D eigenvalue weighted by Crippen LogP contribution is -2.55. The molecule has 2 aliphatic rings. The minimum Gasteiger partial charge on any atom is -0.467 e. The lowest BCUT2D eigenvalue weighted by Gasteiger charge is -2.46. The second kappa shape index (κ2) is 12.2. The Hall–Kier alpha value is -2.37. The third-order valence-corrected chi connectivity index (χ3v) is 13.1. The van der Waals surface area contributed by atoms with E-state index in [0.29, 0.717) is 44.0 Å². The van der Waals surface area contributed by atoms with Crippen LogP contribution in [0.3, 0.4) is 0 Å². The lowest BCUT2D eigenvalue weighted by atomic mass is 9.77. The molecule has 11 heteroatoms. The molecule has 1 aliphatic heterocycles. The predicted octanol–water partition coefficient (Wildman–Crippen LogP) is 6.04. The fourth-order valence-electron chi connectivity index (χ4n) is 5.07. The molecule has 3 rings (SSSR count). The van der Waals surface area contributed by atoms with Gasteiger partial charge in [-0.3, -0.25) is 9.69 Å². The normalized spacial score (nSPS) is 23.6. The summed E-state index contributed by atoms with van der Waals surface area (Å²) in [7, 11) is -0.834. The van der Waals surface area contributed by atoms with E-state index in [2.05, 4.69) is 45.8 Å². The van der Waals surface area contributed by atoms with Gasteiger partial charge in [-0.2, -0.15) is 13.2 Å². The van der Waals surface area contributed by atoms with Crippen molar-refractivity contribution in [3.8, 4) is 5.75 Å². The van der Waals surface area contributed by atoms with Gasteiger partial charge in [0.25, 0.3) is 5.91 Å². The summed E-state index contributed by atoms with van der Waals surface area (Å²) < 4.78 is 57.8. The quantitative estimate of drug-likeness (QED) is 0.250. The number of carbonyl (C=O) groups excluding carboxylic acids is 2. The summed E-state index contributed by atoms with van der Waals surface area (Å²) in [4.78, 5) is 27.3. The second-order valence-electron chi connectivity index (χ2n) is 12.5. The number of nitrogens with one attached hydrogen (secondary N) is 1. The Bertz CT molecular complexity index is 1090. The highest BCUT2D eigenvalue weighted by atomic mass is 28.4. The molecule has 1 fully saturated rings. The number of carbonyl (C=O) groups is 2. The Morgan fingerprint density at radius 1 is 1.23 bits per heavy atom. The Morgan fingerprint density at radius 3 is 2.45 bits per heavy atom. The van der Waals surface area contributed by atoms with Gasteiger partial charge < -0.3 is 19.2 Å². The summed E-state index contributed by atoms with van der Waals surface area (Å²) in [5.74, 6) is -0.473. The Kier molecular flexibility index (Phi) is 9.84. The molecule has 0 saturated heterocycles. The predicted molar refractivity (Wildman–Crippen MR) is 149 cm³/mol. The van der Waals surface area contributed by atoms with Crippen molar-refractivity contribution in [1.82, 2.24) is 10.2 Å².